The monoisotopic (exact) mass is 479 g/mol. The van der Waals surface area contributed by atoms with Crippen LogP contribution in [0.2, 0.25) is 10.0 Å². The van der Waals surface area contributed by atoms with Gasteiger partial charge < -0.3 is 20.0 Å². The molecule has 0 aliphatic heterocycles. The second-order valence-corrected chi connectivity index (χ2v) is 8.37. The van der Waals surface area contributed by atoms with Crippen LogP contribution in [-0.2, 0) is 11.2 Å². The van der Waals surface area contributed by atoms with Crippen molar-refractivity contribution < 1.29 is 9.53 Å². The molecular weight excluding hydrogens is 461 g/mol. The molecule has 0 aliphatic rings. The normalized spacial score (nSPS) is 12.2. The van der Waals surface area contributed by atoms with Crippen LogP contribution >= 0.6 is 23.2 Å². The van der Waals surface area contributed by atoms with Crippen molar-refractivity contribution in [3.05, 3.63) is 88.4 Å². The maximum atomic E-state index is 12.8. The van der Waals surface area contributed by atoms with Crippen molar-refractivity contribution in [3.63, 3.8) is 0 Å². The van der Waals surface area contributed by atoms with Gasteiger partial charge in [0.05, 0.1) is 33.1 Å². The van der Waals surface area contributed by atoms with E-state index in [0.717, 1.165) is 27.9 Å². The number of nitrogens with zero attached hydrogens (tertiary/aromatic N) is 2. The predicted octanol–water partition coefficient (Wildman–Crippen LogP) is 5.23. The van der Waals surface area contributed by atoms with E-state index in [9.17, 15) is 4.79 Å². The zero-order chi connectivity index (χ0) is 22.8. The van der Waals surface area contributed by atoms with Crippen molar-refractivity contribution in [1.82, 2.24) is 25.3 Å². The van der Waals surface area contributed by atoms with Crippen molar-refractivity contribution >= 4 is 51.2 Å². The SMILES string of the molecule is O=C(COc1ccc(Cl)cc1Cl)NC(Cc1nc2ccccc2[nH]1)c1nc2ccccc2[nH]1. The molecule has 0 radical (unpaired) electrons. The minimum Gasteiger partial charge on any atom is -0.482 e. The van der Waals surface area contributed by atoms with E-state index in [-0.39, 0.29) is 12.5 Å². The fraction of sp³-hybridized carbons (Fsp3) is 0.125. The minimum absolute atomic E-state index is 0.210. The second-order valence-electron chi connectivity index (χ2n) is 7.53. The lowest BCUT2D eigenvalue weighted by molar-refractivity contribution is -0.123. The van der Waals surface area contributed by atoms with Crippen LogP contribution in [0, 0.1) is 0 Å². The summed E-state index contributed by atoms with van der Waals surface area (Å²) in [6, 6.07) is 19.9. The third-order valence-electron chi connectivity index (χ3n) is 5.16. The first-order chi connectivity index (χ1) is 16.0. The van der Waals surface area contributed by atoms with E-state index in [0.29, 0.717) is 28.0 Å². The van der Waals surface area contributed by atoms with Crippen LogP contribution in [0.3, 0.4) is 0 Å². The molecule has 1 amide bonds. The van der Waals surface area contributed by atoms with Gasteiger partial charge >= 0.3 is 0 Å². The zero-order valence-corrected chi connectivity index (χ0v) is 18.8. The number of fused-ring (bicyclic) bond motifs is 2. The third kappa shape index (κ3) is 4.79. The first-order valence-electron chi connectivity index (χ1n) is 10.3. The van der Waals surface area contributed by atoms with Crippen LogP contribution in [0.4, 0.5) is 0 Å². The molecule has 0 saturated heterocycles. The molecule has 2 heterocycles. The number of carbonyl (C=O) groups excluding carboxylic acids is 1. The molecule has 5 aromatic rings. The summed E-state index contributed by atoms with van der Waals surface area (Å²) in [4.78, 5) is 28.7. The van der Waals surface area contributed by atoms with Gasteiger partial charge in [0.1, 0.15) is 17.4 Å². The molecule has 5 rings (SSSR count). The van der Waals surface area contributed by atoms with Gasteiger partial charge in [-0.05, 0) is 42.5 Å². The molecule has 3 aromatic carbocycles. The van der Waals surface area contributed by atoms with Gasteiger partial charge in [-0.3, -0.25) is 4.79 Å². The van der Waals surface area contributed by atoms with E-state index in [1.54, 1.807) is 18.2 Å². The van der Waals surface area contributed by atoms with E-state index in [1.807, 2.05) is 48.5 Å². The van der Waals surface area contributed by atoms with E-state index < -0.39 is 6.04 Å². The summed E-state index contributed by atoms with van der Waals surface area (Å²) >= 11 is 12.1. The highest BCUT2D eigenvalue weighted by Gasteiger charge is 2.21. The molecule has 3 N–H and O–H groups in total. The molecule has 9 heteroatoms. The number of para-hydroxylation sites is 4. The number of amides is 1. The van der Waals surface area contributed by atoms with Gasteiger partial charge in [-0.25, -0.2) is 9.97 Å². The lowest BCUT2D eigenvalue weighted by Crippen LogP contribution is -2.34. The standard InChI is InChI=1S/C24H19Cl2N5O2/c25-14-9-10-21(15(26)11-14)33-13-23(32)29-20(24-30-18-7-3-4-8-19(18)31-24)12-22-27-16-5-1-2-6-17(16)28-22/h1-11,20H,12-13H2,(H,27,28)(H,29,32)(H,30,31). The average molecular weight is 480 g/mol. The number of benzene rings is 3. The second kappa shape index (κ2) is 9.13. The number of aromatic nitrogens is 4. The summed E-state index contributed by atoms with van der Waals surface area (Å²) in [7, 11) is 0. The Morgan fingerprint density at radius 3 is 2.33 bits per heavy atom. The van der Waals surface area contributed by atoms with E-state index >= 15 is 0 Å². The first kappa shape index (κ1) is 21.3. The number of H-pyrrole nitrogens is 2. The van der Waals surface area contributed by atoms with E-state index in [1.165, 1.54) is 0 Å². The number of hydrogen-bond donors (Lipinski definition) is 3. The smallest absolute Gasteiger partial charge is 0.258 e. The number of hydrogen-bond acceptors (Lipinski definition) is 4. The van der Waals surface area contributed by atoms with Gasteiger partial charge in [0.2, 0.25) is 0 Å². The molecule has 33 heavy (non-hydrogen) atoms. The Bertz CT molecular complexity index is 1380. The minimum atomic E-state index is -0.449. The molecule has 0 saturated carbocycles. The first-order valence-corrected chi connectivity index (χ1v) is 11.1. The van der Waals surface area contributed by atoms with Crippen molar-refractivity contribution in [2.45, 2.75) is 12.5 Å². The Labute approximate surface area is 199 Å². The van der Waals surface area contributed by atoms with Crippen LogP contribution in [0.5, 0.6) is 5.75 Å². The van der Waals surface area contributed by atoms with Gasteiger partial charge in [-0.1, -0.05) is 47.5 Å². The maximum absolute atomic E-state index is 12.8. The van der Waals surface area contributed by atoms with Gasteiger partial charge in [-0.2, -0.15) is 0 Å². The Hall–Kier alpha value is -3.55. The summed E-state index contributed by atoms with van der Waals surface area (Å²) in [6.07, 6.45) is 0.419. The van der Waals surface area contributed by atoms with E-state index in [4.69, 9.17) is 27.9 Å². The van der Waals surface area contributed by atoms with Gasteiger partial charge in [0.25, 0.3) is 5.91 Å². The van der Waals surface area contributed by atoms with Crippen LogP contribution in [0.1, 0.15) is 17.7 Å². The molecule has 166 valence electrons. The average Bonchev–Trinajstić information content (AvgIpc) is 3.41. The summed E-state index contributed by atoms with van der Waals surface area (Å²) in [5.74, 6) is 1.44. The quantitative estimate of drug-likeness (QED) is 0.298. The van der Waals surface area contributed by atoms with Crippen LogP contribution in [0.25, 0.3) is 22.1 Å². The van der Waals surface area contributed by atoms with Gasteiger partial charge in [0, 0.05) is 11.4 Å². The highest BCUT2D eigenvalue weighted by Crippen LogP contribution is 2.27. The van der Waals surface area contributed by atoms with Crippen molar-refractivity contribution in [2.75, 3.05) is 6.61 Å². The number of halogens is 2. The summed E-state index contributed by atoms with van der Waals surface area (Å²) in [5, 5.41) is 3.83. The predicted molar refractivity (Wildman–Crippen MR) is 129 cm³/mol. The topological polar surface area (TPSA) is 95.7 Å². The van der Waals surface area contributed by atoms with Crippen LogP contribution in [0.15, 0.2) is 66.7 Å². The molecule has 1 atom stereocenters. The third-order valence-corrected chi connectivity index (χ3v) is 5.69. The van der Waals surface area contributed by atoms with Gasteiger partial charge in [-0.15, -0.1) is 0 Å². The molecular formula is C24H19Cl2N5O2. The Morgan fingerprint density at radius 2 is 1.64 bits per heavy atom. The number of rotatable bonds is 7. The molecule has 0 fully saturated rings. The lowest BCUT2D eigenvalue weighted by atomic mass is 10.2. The van der Waals surface area contributed by atoms with Crippen LogP contribution in [-0.4, -0.2) is 32.4 Å². The molecule has 1 unspecified atom stereocenters. The molecule has 0 spiro atoms. The van der Waals surface area contributed by atoms with E-state index in [2.05, 4.69) is 25.3 Å². The number of nitrogens with one attached hydrogen (secondary N) is 3. The molecule has 0 aliphatic carbocycles. The summed E-state index contributed by atoms with van der Waals surface area (Å²) < 4.78 is 5.59. The summed E-state index contributed by atoms with van der Waals surface area (Å²) in [5.41, 5.74) is 3.51. The highest BCUT2D eigenvalue weighted by molar-refractivity contribution is 6.35. The summed E-state index contributed by atoms with van der Waals surface area (Å²) in [6.45, 7) is -0.210. The zero-order valence-electron chi connectivity index (χ0n) is 17.3. The van der Waals surface area contributed by atoms with Gasteiger partial charge in [0.15, 0.2) is 6.61 Å². The lowest BCUT2D eigenvalue weighted by Gasteiger charge is -2.16. The van der Waals surface area contributed by atoms with Crippen molar-refractivity contribution in [2.24, 2.45) is 0 Å². The Balaban J connectivity index is 1.37. The Kier molecular flexibility index (Phi) is 5.90. The van der Waals surface area contributed by atoms with Crippen molar-refractivity contribution in [1.29, 1.82) is 0 Å². The number of imidazole rings is 2. The molecule has 7 nitrogen and oxygen atoms in total. The number of aromatic amines is 2. The maximum Gasteiger partial charge on any atom is 0.258 e. The highest BCUT2D eigenvalue weighted by atomic mass is 35.5. The largest absolute Gasteiger partial charge is 0.482 e. The van der Waals surface area contributed by atoms with Crippen LogP contribution < -0.4 is 10.1 Å². The fourth-order valence-corrected chi connectivity index (χ4v) is 4.08. The van der Waals surface area contributed by atoms with Crippen molar-refractivity contribution in [3.8, 4) is 5.75 Å². The molecule has 0 bridgehead atoms. The fourth-order valence-electron chi connectivity index (χ4n) is 3.62. The molecule has 2 aromatic heterocycles. The Morgan fingerprint density at radius 1 is 0.939 bits per heavy atom. The number of ether oxygens (including phenoxy) is 1. The number of carbonyl (C=O) groups is 1.